The Morgan fingerprint density at radius 3 is 2.72 bits per heavy atom. The number of nitrogens with zero attached hydrogens (tertiary/aromatic N) is 2. The fourth-order valence-electron chi connectivity index (χ4n) is 1.26. The maximum absolute atomic E-state index is 11.9. The van der Waals surface area contributed by atoms with Gasteiger partial charge in [-0.2, -0.15) is 0 Å². The number of aromatic nitrogens is 2. The number of carbonyl (C=O) groups excluding carboxylic acids is 1. The van der Waals surface area contributed by atoms with Crippen molar-refractivity contribution in [1.82, 2.24) is 10.2 Å². The summed E-state index contributed by atoms with van der Waals surface area (Å²) in [4.78, 5) is 11.9. The van der Waals surface area contributed by atoms with Crippen molar-refractivity contribution in [3.63, 3.8) is 0 Å². The van der Waals surface area contributed by atoms with Crippen LogP contribution in [-0.2, 0) is 0 Å². The molecule has 0 saturated carbocycles. The molecule has 1 heterocycles. The minimum atomic E-state index is -0.251. The second kappa shape index (κ2) is 5.92. The molecule has 1 amide bonds. The zero-order chi connectivity index (χ0) is 13.0. The Labute approximate surface area is 117 Å². The van der Waals surface area contributed by atoms with Crippen LogP contribution in [0.15, 0.2) is 28.7 Å². The Balaban J connectivity index is 2.04. The number of benzene rings is 1. The second-order valence-electron chi connectivity index (χ2n) is 3.40. The van der Waals surface area contributed by atoms with E-state index in [4.69, 9.17) is 0 Å². The van der Waals surface area contributed by atoms with Gasteiger partial charge >= 0.3 is 0 Å². The molecule has 0 unspecified atom stereocenters. The first kappa shape index (κ1) is 13.0. The van der Waals surface area contributed by atoms with Crippen molar-refractivity contribution < 1.29 is 4.79 Å². The van der Waals surface area contributed by atoms with Crippen LogP contribution in [-0.4, -0.2) is 22.6 Å². The number of hydrogen-bond acceptors (Lipinski definition) is 5. The van der Waals surface area contributed by atoms with Crippen LogP contribution < -0.4 is 10.6 Å². The molecule has 2 rings (SSSR count). The summed E-state index contributed by atoms with van der Waals surface area (Å²) in [6.07, 6.45) is 0. The van der Waals surface area contributed by atoms with Gasteiger partial charge < -0.3 is 10.6 Å². The molecule has 0 spiro atoms. The van der Waals surface area contributed by atoms with Gasteiger partial charge in [0.25, 0.3) is 5.91 Å². The summed E-state index contributed by atoms with van der Waals surface area (Å²) in [5.74, 6) is -0.251. The minimum absolute atomic E-state index is 0.251. The van der Waals surface area contributed by atoms with E-state index in [0.29, 0.717) is 10.1 Å². The van der Waals surface area contributed by atoms with E-state index in [1.807, 2.05) is 31.2 Å². The van der Waals surface area contributed by atoms with Crippen molar-refractivity contribution >= 4 is 44.0 Å². The molecule has 0 atom stereocenters. The van der Waals surface area contributed by atoms with Crippen molar-refractivity contribution in [3.05, 3.63) is 33.7 Å². The molecular weight excluding hydrogens is 316 g/mol. The molecule has 0 fully saturated rings. The Morgan fingerprint density at radius 1 is 1.33 bits per heavy atom. The first-order valence-electron chi connectivity index (χ1n) is 5.33. The highest BCUT2D eigenvalue weighted by molar-refractivity contribution is 9.10. The fourth-order valence-corrected chi connectivity index (χ4v) is 2.23. The molecular formula is C11H11BrN4OS. The van der Waals surface area contributed by atoms with Crippen LogP contribution in [0.1, 0.15) is 16.7 Å². The second-order valence-corrected chi connectivity index (χ2v) is 5.30. The smallest absolute Gasteiger partial charge is 0.286 e. The predicted octanol–water partition coefficient (Wildman–Crippen LogP) is 2.98. The summed E-state index contributed by atoms with van der Waals surface area (Å²) in [6, 6.07) is 7.35. The molecule has 0 aliphatic carbocycles. The first-order valence-corrected chi connectivity index (χ1v) is 6.94. The summed E-state index contributed by atoms with van der Waals surface area (Å²) in [7, 11) is 0. The largest absolute Gasteiger partial charge is 0.360 e. The SMILES string of the molecule is CCNc1nnc(C(=O)Nc2ccc(Br)cc2)s1. The van der Waals surface area contributed by atoms with Gasteiger partial charge in [-0.25, -0.2) is 0 Å². The third-order valence-corrected chi connectivity index (χ3v) is 3.46. The fraction of sp³-hybridized carbons (Fsp3) is 0.182. The zero-order valence-corrected chi connectivity index (χ0v) is 12.0. The number of carbonyl (C=O) groups is 1. The summed E-state index contributed by atoms with van der Waals surface area (Å²) in [5.41, 5.74) is 0.725. The van der Waals surface area contributed by atoms with Gasteiger partial charge in [-0.1, -0.05) is 27.3 Å². The number of nitrogens with one attached hydrogen (secondary N) is 2. The molecule has 5 nitrogen and oxygen atoms in total. The molecule has 2 aromatic rings. The molecule has 2 N–H and O–H groups in total. The van der Waals surface area contributed by atoms with Gasteiger partial charge in [0, 0.05) is 16.7 Å². The average Bonchev–Trinajstić information content (AvgIpc) is 2.81. The van der Waals surface area contributed by atoms with Gasteiger partial charge in [0.05, 0.1) is 0 Å². The number of hydrogen-bond donors (Lipinski definition) is 2. The topological polar surface area (TPSA) is 66.9 Å². The lowest BCUT2D eigenvalue weighted by molar-refractivity contribution is 0.102. The summed E-state index contributed by atoms with van der Waals surface area (Å²) in [6.45, 7) is 2.71. The van der Waals surface area contributed by atoms with Crippen molar-refractivity contribution in [1.29, 1.82) is 0 Å². The molecule has 18 heavy (non-hydrogen) atoms. The van der Waals surface area contributed by atoms with E-state index >= 15 is 0 Å². The minimum Gasteiger partial charge on any atom is -0.360 e. The molecule has 1 aromatic heterocycles. The van der Waals surface area contributed by atoms with Crippen LogP contribution in [0.2, 0.25) is 0 Å². The van der Waals surface area contributed by atoms with E-state index < -0.39 is 0 Å². The normalized spacial score (nSPS) is 10.1. The van der Waals surface area contributed by atoms with E-state index in [1.165, 1.54) is 11.3 Å². The van der Waals surface area contributed by atoms with Gasteiger partial charge in [-0.15, -0.1) is 10.2 Å². The van der Waals surface area contributed by atoms with Crippen LogP contribution in [0.5, 0.6) is 0 Å². The highest BCUT2D eigenvalue weighted by Crippen LogP contribution is 2.18. The molecule has 1 aromatic carbocycles. The molecule has 7 heteroatoms. The summed E-state index contributed by atoms with van der Waals surface area (Å²) >= 11 is 4.57. The van der Waals surface area contributed by atoms with E-state index in [1.54, 1.807) is 0 Å². The van der Waals surface area contributed by atoms with Crippen molar-refractivity contribution in [2.24, 2.45) is 0 Å². The van der Waals surface area contributed by atoms with Crippen molar-refractivity contribution in [2.75, 3.05) is 17.2 Å². The monoisotopic (exact) mass is 326 g/mol. The molecule has 0 aliphatic heterocycles. The highest BCUT2D eigenvalue weighted by atomic mass is 79.9. The van der Waals surface area contributed by atoms with Crippen LogP contribution in [0.4, 0.5) is 10.8 Å². The molecule has 0 bridgehead atoms. The molecule has 0 saturated heterocycles. The lowest BCUT2D eigenvalue weighted by Gasteiger charge is -2.01. The molecule has 0 aliphatic rings. The van der Waals surface area contributed by atoms with Crippen LogP contribution in [0.3, 0.4) is 0 Å². The Morgan fingerprint density at radius 2 is 2.06 bits per heavy atom. The van der Waals surface area contributed by atoms with Crippen LogP contribution >= 0.6 is 27.3 Å². The van der Waals surface area contributed by atoms with Gasteiger partial charge in [-0.3, -0.25) is 4.79 Å². The average molecular weight is 327 g/mol. The standard InChI is InChI=1S/C11H11BrN4OS/c1-2-13-11-16-15-10(18-11)9(17)14-8-5-3-7(12)4-6-8/h3-6H,2H2,1H3,(H,13,16)(H,14,17). The van der Waals surface area contributed by atoms with E-state index in [9.17, 15) is 4.79 Å². The number of amides is 1. The van der Waals surface area contributed by atoms with Gasteiger partial charge in [-0.05, 0) is 31.2 Å². The predicted molar refractivity (Wildman–Crippen MR) is 76.2 cm³/mol. The summed E-state index contributed by atoms with van der Waals surface area (Å²) in [5, 5.41) is 14.5. The Kier molecular flexibility index (Phi) is 4.27. The Hall–Kier alpha value is -1.47. The van der Waals surface area contributed by atoms with Crippen LogP contribution in [0.25, 0.3) is 0 Å². The third-order valence-electron chi connectivity index (χ3n) is 2.05. The molecule has 94 valence electrons. The highest BCUT2D eigenvalue weighted by Gasteiger charge is 2.12. The van der Waals surface area contributed by atoms with E-state index in [2.05, 4.69) is 36.8 Å². The number of halogens is 1. The van der Waals surface area contributed by atoms with Gasteiger partial charge in [0.2, 0.25) is 10.1 Å². The lowest BCUT2D eigenvalue weighted by Crippen LogP contribution is -2.11. The zero-order valence-electron chi connectivity index (χ0n) is 9.61. The first-order chi connectivity index (χ1) is 8.69. The number of anilines is 2. The summed E-state index contributed by atoms with van der Waals surface area (Å²) < 4.78 is 0.964. The molecule has 0 radical (unpaired) electrons. The maximum Gasteiger partial charge on any atom is 0.286 e. The van der Waals surface area contributed by atoms with E-state index in [0.717, 1.165) is 16.7 Å². The Bertz CT molecular complexity index is 540. The maximum atomic E-state index is 11.9. The lowest BCUT2D eigenvalue weighted by atomic mass is 10.3. The van der Waals surface area contributed by atoms with Crippen LogP contribution in [0, 0.1) is 0 Å². The quantitative estimate of drug-likeness (QED) is 0.906. The van der Waals surface area contributed by atoms with Crippen molar-refractivity contribution in [3.8, 4) is 0 Å². The van der Waals surface area contributed by atoms with E-state index in [-0.39, 0.29) is 5.91 Å². The van der Waals surface area contributed by atoms with Gasteiger partial charge in [0.15, 0.2) is 0 Å². The third kappa shape index (κ3) is 3.27. The number of rotatable bonds is 4. The van der Waals surface area contributed by atoms with Gasteiger partial charge in [0.1, 0.15) is 0 Å². The van der Waals surface area contributed by atoms with Crippen molar-refractivity contribution in [2.45, 2.75) is 6.92 Å².